The molecule has 0 radical (unpaired) electrons. The molecule has 18 heavy (non-hydrogen) atoms. The lowest BCUT2D eigenvalue weighted by Crippen LogP contribution is -2.62. The van der Waals surface area contributed by atoms with Gasteiger partial charge in [0.05, 0.1) is 0 Å². The highest BCUT2D eigenvalue weighted by molar-refractivity contribution is 5.00. The molecule has 0 atom stereocenters. The summed E-state index contributed by atoms with van der Waals surface area (Å²) in [5, 5.41) is 7.64. The molecule has 1 aliphatic heterocycles. The maximum Gasteiger partial charge on any atom is 0.0144 e. The van der Waals surface area contributed by atoms with Crippen LogP contribution in [0.1, 0.15) is 66.2 Å². The molecule has 3 heteroatoms. The van der Waals surface area contributed by atoms with Gasteiger partial charge in [0.25, 0.3) is 0 Å². The fourth-order valence-corrected chi connectivity index (χ4v) is 4.06. The van der Waals surface area contributed by atoms with Crippen LogP contribution in [0.15, 0.2) is 0 Å². The van der Waals surface area contributed by atoms with Crippen molar-refractivity contribution in [3.05, 3.63) is 0 Å². The molecule has 3 nitrogen and oxygen atoms in total. The third-order valence-corrected chi connectivity index (χ3v) is 4.43. The maximum absolute atomic E-state index is 5.98. The average Bonchev–Trinajstić information content (AvgIpc) is 2.16. The van der Waals surface area contributed by atoms with E-state index in [9.17, 15) is 0 Å². The normalized spacial score (nSPS) is 36.5. The van der Waals surface area contributed by atoms with Crippen LogP contribution in [-0.2, 0) is 0 Å². The summed E-state index contributed by atoms with van der Waals surface area (Å²) >= 11 is 0. The third kappa shape index (κ3) is 3.94. The fourth-order valence-electron chi connectivity index (χ4n) is 4.06. The fraction of sp³-hybridized carbons (Fsp3) is 1.00. The number of hydrogen-bond acceptors (Lipinski definition) is 3. The van der Waals surface area contributed by atoms with Crippen LogP contribution in [0.4, 0.5) is 0 Å². The first-order valence-corrected chi connectivity index (χ1v) is 7.57. The summed E-state index contributed by atoms with van der Waals surface area (Å²) in [5.74, 6) is 0. The van der Waals surface area contributed by atoms with Crippen molar-refractivity contribution < 1.29 is 0 Å². The minimum atomic E-state index is 0.241. The molecule has 106 valence electrons. The van der Waals surface area contributed by atoms with Crippen LogP contribution in [0.2, 0.25) is 0 Å². The van der Waals surface area contributed by atoms with Gasteiger partial charge in [0.2, 0.25) is 0 Å². The molecule has 2 rings (SSSR count). The van der Waals surface area contributed by atoms with Crippen LogP contribution in [0.5, 0.6) is 0 Å². The Labute approximate surface area is 112 Å². The summed E-state index contributed by atoms with van der Waals surface area (Å²) in [4.78, 5) is 0. The molecule has 1 heterocycles. The van der Waals surface area contributed by atoms with Crippen molar-refractivity contribution in [2.75, 3.05) is 0 Å². The Morgan fingerprint density at radius 3 is 1.89 bits per heavy atom. The largest absolute Gasteiger partial charge is 0.328 e. The van der Waals surface area contributed by atoms with Gasteiger partial charge in [0.1, 0.15) is 0 Å². The van der Waals surface area contributed by atoms with Crippen molar-refractivity contribution in [2.24, 2.45) is 5.73 Å². The Hall–Kier alpha value is -0.120. The molecule has 1 saturated heterocycles. The van der Waals surface area contributed by atoms with E-state index in [0.29, 0.717) is 18.1 Å². The minimum absolute atomic E-state index is 0.241. The van der Waals surface area contributed by atoms with E-state index in [2.05, 4.69) is 38.3 Å². The molecule has 1 aliphatic carbocycles. The van der Waals surface area contributed by atoms with Gasteiger partial charge in [-0.3, -0.25) is 0 Å². The predicted molar refractivity (Wildman–Crippen MR) is 77.7 cm³/mol. The van der Waals surface area contributed by atoms with E-state index in [4.69, 9.17) is 5.73 Å². The van der Waals surface area contributed by atoms with Crippen molar-refractivity contribution in [1.29, 1.82) is 0 Å². The maximum atomic E-state index is 5.98. The number of rotatable bonds is 2. The van der Waals surface area contributed by atoms with E-state index in [1.165, 1.54) is 38.5 Å². The standard InChI is InChI=1S/C15H31N3/c1-14(2)9-13(10-15(3,4)18-14)17-12-7-5-11(16)6-8-12/h11-13,17-18H,5-10,16H2,1-4H3. The van der Waals surface area contributed by atoms with Gasteiger partial charge in [0.15, 0.2) is 0 Å². The molecule has 0 aromatic carbocycles. The first-order chi connectivity index (χ1) is 8.26. The number of piperidine rings is 1. The topological polar surface area (TPSA) is 50.1 Å². The zero-order valence-corrected chi connectivity index (χ0v) is 12.6. The second kappa shape index (κ2) is 5.10. The molecule has 0 unspecified atom stereocenters. The van der Waals surface area contributed by atoms with Crippen LogP contribution >= 0.6 is 0 Å². The molecule has 2 aliphatic rings. The Morgan fingerprint density at radius 2 is 1.39 bits per heavy atom. The van der Waals surface area contributed by atoms with Crippen LogP contribution in [0, 0.1) is 0 Å². The van der Waals surface area contributed by atoms with Crippen molar-refractivity contribution in [3.63, 3.8) is 0 Å². The van der Waals surface area contributed by atoms with Crippen molar-refractivity contribution in [1.82, 2.24) is 10.6 Å². The van der Waals surface area contributed by atoms with Gasteiger partial charge < -0.3 is 16.4 Å². The summed E-state index contributed by atoms with van der Waals surface area (Å²) in [6, 6.07) is 1.79. The van der Waals surface area contributed by atoms with Gasteiger partial charge in [-0.2, -0.15) is 0 Å². The lowest BCUT2D eigenvalue weighted by Gasteiger charge is -2.48. The van der Waals surface area contributed by atoms with Crippen LogP contribution in [0.3, 0.4) is 0 Å². The quantitative estimate of drug-likeness (QED) is 0.707. The molecular weight excluding hydrogens is 222 g/mol. The first-order valence-electron chi connectivity index (χ1n) is 7.57. The highest BCUT2D eigenvalue weighted by Crippen LogP contribution is 2.29. The number of hydrogen-bond donors (Lipinski definition) is 3. The smallest absolute Gasteiger partial charge is 0.0144 e. The van der Waals surface area contributed by atoms with Crippen LogP contribution in [-0.4, -0.2) is 29.2 Å². The highest BCUT2D eigenvalue weighted by atomic mass is 15.1. The van der Waals surface area contributed by atoms with Crippen LogP contribution in [0.25, 0.3) is 0 Å². The van der Waals surface area contributed by atoms with Gasteiger partial charge in [-0.1, -0.05) is 0 Å². The van der Waals surface area contributed by atoms with E-state index in [-0.39, 0.29) is 11.1 Å². The van der Waals surface area contributed by atoms with Gasteiger partial charge in [-0.05, 0) is 66.2 Å². The van der Waals surface area contributed by atoms with Gasteiger partial charge in [0, 0.05) is 29.2 Å². The number of nitrogens with two attached hydrogens (primary N) is 1. The summed E-state index contributed by atoms with van der Waals surface area (Å²) in [7, 11) is 0. The van der Waals surface area contributed by atoms with E-state index in [1.807, 2.05) is 0 Å². The van der Waals surface area contributed by atoms with E-state index >= 15 is 0 Å². The predicted octanol–water partition coefficient (Wildman–Crippen LogP) is 2.16. The molecule has 0 bridgehead atoms. The molecule has 0 aromatic heterocycles. The lowest BCUT2D eigenvalue weighted by molar-refractivity contribution is 0.134. The average molecular weight is 253 g/mol. The molecule has 0 spiro atoms. The van der Waals surface area contributed by atoms with E-state index in [1.54, 1.807) is 0 Å². The monoisotopic (exact) mass is 253 g/mol. The van der Waals surface area contributed by atoms with E-state index in [0.717, 1.165) is 0 Å². The Morgan fingerprint density at radius 1 is 0.889 bits per heavy atom. The highest BCUT2D eigenvalue weighted by Gasteiger charge is 2.38. The molecule has 0 amide bonds. The number of nitrogens with one attached hydrogen (secondary N) is 2. The van der Waals surface area contributed by atoms with Gasteiger partial charge in [-0.25, -0.2) is 0 Å². The second-order valence-corrected chi connectivity index (χ2v) is 7.78. The van der Waals surface area contributed by atoms with Crippen molar-refractivity contribution in [2.45, 2.75) is 95.4 Å². The second-order valence-electron chi connectivity index (χ2n) is 7.78. The summed E-state index contributed by atoms with van der Waals surface area (Å²) in [6.07, 6.45) is 7.33. The van der Waals surface area contributed by atoms with Crippen molar-refractivity contribution >= 4 is 0 Å². The summed E-state index contributed by atoms with van der Waals surface area (Å²) in [6.45, 7) is 9.28. The Balaban J connectivity index is 1.89. The lowest BCUT2D eigenvalue weighted by atomic mass is 9.79. The third-order valence-electron chi connectivity index (χ3n) is 4.43. The summed E-state index contributed by atoms with van der Waals surface area (Å²) < 4.78 is 0. The molecule has 0 aromatic rings. The molecular formula is C15H31N3. The van der Waals surface area contributed by atoms with E-state index < -0.39 is 0 Å². The zero-order valence-electron chi connectivity index (χ0n) is 12.6. The van der Waals surface area contributed by atoms with Crippen LogP contribution < -0.4 is 16.4 Å². The van der Waals surface area contributed by atoms with Gasteiger partial charge in [-0.15, -0.1) is 0 Å². The molecule has 4 N–H and O–H groups in total. The SMILES string of the molecule is CC1(C)CC(NC2CCC(N)CC2)CC(C)(C)N1. The molecule has 1 saturated carbocycles. The first kappa shape index (κ1) is 14.3. The Bertz CT molecular complexity index is 261. The van der Waals surface area contributed by atoms with Gasteiger partial charge >= 0.3 is 0 Å². The molecule has 2 fully saturated rings. The minimum Gasteiger partial charge on any atom is -0.328 e. The Kier molecular flexibility index (Phi) is 4.05. The van der Waals surface area contributed by atoms with Crippen molar-refractivity contribution in [3.8, 4) is 0 Å². The zero-order chi connectivity index (χ0) is 13.4. The summed E-state index contributed by atoms with van der Waals surface area (Å²) in [5.41, 5.74) is 6.46.